The van der Waals surface area contributed by atoms with Crippen molar-refractivity contribution in [2.75, 3.05) is 33.4 Å². The van der Waals surface area contributed by atoms with E-state index in [-0.39, 0.29) is 35.9 Å². The molecule has 2 fully saturated rings. The quantitative estimate of drug-likeness (QED) is 0.371. The van der Waals surface area contributed by atoms with Gasteiger partial charge in [-0.25, -0.2) is 0 Å². The average molecular weight is 500 g/mol. The first-order valence-corrected chi connectivity index (χ1v) is 9.98. The van der Waals surface area contributed by atoms with Crippen molar-refractivity contribution in [3.05, 3.63) is 35.4 Å². The summed E-state index contributed by atoms with van der Waals surface area (Å²) in [7, 11) is 1.83. The number of hydrogen-bond donors (Lipinski definition) is 2. The number of rotatable bonds is 5. The number of nitrogens with zero attached hydrogens (tertiary/aromatic N) is 2. The van der Waals surface area contributed by atoms with Gasteiger partial charge in [-0.1, -0.05) is 19.1 Å². The van der Waals surface area contributed by atoms with Crippen molar-refractivity contribution in [2.45, 2.75) is 45.7 Å². The van der Waals surface area contributed by atoms with Crippen LogP contribution in [0.4, 0.5) is 0 Å². The standard InChI is InChI=1S/C21H32N4O2.HI/c1-4-16(2)24-19(26)18-7-5-17(6-8-18)13-23-20(22-3)25-11-9-21(14-25)10-12-27-15-21;/h5-8,16H,4,9-15H2,1-3H3,(H,22,23)(H,24,26);1H. The SMILES string of the molecule is CCC(C)NC(=O)c1ccc(CNC(=NC)N2CCC3(CCOC3)C2)cc1.I. The number of carbonyl (C=O) groups is 1. The monoisotopic (exact) mass is 500 g/mol. The summed E-state index contributed by atoms with van der Waals surface area (Å²) in [6.45, 7) is 8.58. The minimum absolute atomic E-state index is 0. The van der Waals surface area contributed by atoms with E-state index in [0.717, 1.165) is 50.7 Å². The van der Waals surface area contributed by atoms with Crippen LogP contribution < -0.4 is 10.6 Å². The molecule has 2 aliphatic heterocycles. The molecule has 2 atom stereocenters. The third-order valence-corrected chi connectivity index (χ3v) is 5.79. The minimum atomic E-state index is -0.0131. The smallest absolute Gasteiger partial charge is 0.251 e. The molecule has 0 saturated carbocycles. The maximum Gasteiger partial charge on any atom is 0.251 e. The topological polar surface area (TPSA) is 66.0 Å². The van der Waals surface area contributed by atoms with Crippen molar-refractivity contribution in [2.24, 2.45) is 10.4 Å². The number of ether oxygens (including phenoxy) is 1. The molecule has 1 amide bonds. The molecule has 2 unspecified atom stereocenters. The number of carbonyl (C=O) groups excluding carboxylic acids is 1. The number of nitrogens with one attached hydrogen (secondary N) is 2. The van der Waals surface area contributed by atoms with Crippen LogP contribution in [0.15, 0.2) is 29.3 Å². The number of halogens is 1. The first kappa shape index (κ1) is 22.9. The van der Waals surface area contributed by atoms with Crippen LogP contribution in [0.2, 0.25) is 0 Å². The molecule has 2 saturated heterocycles. The normalized spacial score (nSPS) is 22.8. The molecule has 1 aromatic rings. The molecule has 1 spiro atoms. The summed E-state index contributed by atoms with van der Waals surface area (Å²) < 4.78 is 5.62. The summed E-state index contributed by atoms with van der Waals surface area (Å²) in [5.41, 5.74) is 2.16. The minimum Gasteiger partial charge on any atom is -0.381 e. The molecule has 3 rings (SSSR count). The predicted octanol–water partition coefficient (Wildman–Crippen LogP) is 3.02. The Hall–Kier alpha value is -1.35. The highest BCUT2D eigenvalue weighted by Crippen LogP contribution is 2.38. The highest BCUT2D eigenvalue weighted by Gasteiger charge is 2.42. The fourth-order valence-electron chi connectivity index (χ4n) is 3.78. The number of likely N-dealkylation sites (tertiary alicyclic amines) is 1. The second-order valence-electron chi connectivity index (χ2n) is 7.85. The van der Waals surface area contributed by atoms with Crippen LogP contribution in [0, 0.1) is 5.41 Å². The van der Waals surface area contributed by atoms with Crippen molar-refractivity contribution in [3.8, 4) is 0 Å². The second-order valence-corrected chi connectivity index (χ2v) is 7.85. The molecular formula is C21H33IN4O2. The Kier molecular flexibility index (Phi) is 8.55. The summed E-state index contributed by atoms with van der Waals surface area (Å²) in [4.78, 5) is 19.0. The zero-order valence-electron chi connectivity index (χ0n) is 17.2. The molecule has 2 N–H and O–H groups in total. The Morgan fingerprint density at radius 2 is 2.07 bits per heavy atom. The fraction of sp³-hybridized carbons (Fsp3) is 0.619. The van der Waals surface area contributed by atoms with Crippen LogP contribution in [0.25, 0.3) is 0 Å². The summed E-state index contributed by atoms with van der Waals surface area (Å²) in [6, 6.07) is 7.97. The van der Waals surface area contributed by atoms with Gasteiger partial charge in [-0.05, 0) is 43.9 Å². The Balaban J connectivity index is 0.00000280. The van der Waals surface area contributed by atoms with Gasteiger partial charge in [-0.2, -0.15) is 0 Å². The van der Waals surface area contributed by atoms with Gasteiger partial charge >= 0.3 is 0 Å². The van der Waals surface area contributed by atoms with Crippen LogP contribution in [0.1, 0.15) is 49.0 Å². The van der Waals surface area contributed by atoms with Gasteiger partial charge in [0.1, 0.15) is 0 Å². The van der Waals surface area contributed by atoms with E-state index in [4.69, 9.17) is 4.74 Å². The lowest BCUT2D eigenvalue weighted by Crippen LogP contribution is -2.41. The van der Waals surface area contributed by atoms with Crippen molar-refractivity contribution in [1.29, 1.82) is 0 Å². The Morgan fingerprint density at radius 1 is 1.32 bits per heavy atom. The van der Waals surface area contributed by atoms with Crippen LogP contribution in [0.3, 0.4) is 0 Å². The van der Waals surface area contributed by atoms with E-state index in [9.17, 15) is 4.79 Å². The third kappa shape index (κ3) is 5.59. The summed E-state index contributed by atoms with van der Waals surface area (Å²) in [5, 5.41) is 6.45. The highest BCUT2D eigenvalue weighted by molar-refractivity contribution is 14.0. The number of hydrogen-bond acceptors (Lipinski definition) is 3. The van der Waals surface area contributed by atoms with E-state index in [2.05, 4.69) is 27.4 Å². The van der Waals surface area contributed by atoms with Crippen molar-refractivity contribution < 1.29 is 9.53 Å². The molecule has 1 aromatic carbocycles. The lowest BCUT2D eigenvalue weighted by molar-refractivity contribution is 0.0939. The molecule has 7 heteroatoms. The van der Waals surface area contributed by atoms with E-state index in [0.29, 0.717) is 17.5 Å². The van der Waals surface area contributed by atoms with Gasteiger partial charge in [0.2, 0.25) is 0 Å². The maximum atomic E-state index is 12.2. The summed E-state index contributed by atoms with van der Waals surface area (Å²) in [5.74, 6) is 0.929. The van der Waals surface area contributed by atoms with Gasteiger partial charge in [0, 0.05) is 50.3 Å². The van der Waals surface area contributed by atoms with E-state index < -0.39 is 0 Å². The molecule has 0 aromatic heterocycles. The molecule has 2 heterocycles. The van der Waals surface area contributed by atoms with Crippen LogP contribution >= 0.6 is 24.0 Å². The van der Waals surface area contributed by atoms with Crippen LogP contribution in [-0.2, 0) is 11.3 Å². The first-order chi connectivity index (χ1) is 13.0. The predicted molar refractivity (Wildman–Crippen MR) is 123 cm³/mol. The van der Waals surface area contributed by atoms with E-state index in [1.54, 1.807) is 0 Å². The van der Waals surface area contributed by atoms with Gasteiger partial charge in [0.05, 0.1) is 6.61 Å². The number of aliphatic imine (C=N–C) groups is 1. The Labute approximate surface area is 185 Å². The zero-order valence-corrected chi connectivity index (χ0v) is 19.5. The van der Waals surface area contributed by atoms with E-state index in [1.807, 2.05) is 38.2 Å². The van der Waals surface area contributed by atoms with E-state index >= 15 is 0 Å². The van der Waals surface area contributed by atoms with Gasteiger partial charge in [0.15, 0.2) is 5.96 Å². The molecular weight excluding hydrogens is 467 g/mol. The van der Waals surface area contributed by atoms with Crippen molar-refractivity contribution >= 4 is 35.8 Å². The number of guanidine groups is 1. The lowest BCUT2D eigenvalue weighted by Gasteiger charge is -2.25. The molecule has 156 valence electrons. The van der Waals surface area contributed by atoms with Gasteiger partial charge in [0.25, 0.3) is 5.91 Å². The molecule has 0 aliphatic carbocycles. The van der Waals surface area contributed by atoms with Gasteiger partial charge in [-0.15, -0.1) is 24.0 Å². The number of amides is 1. The summed E-state index contributed by atoms with van der Waals surface area (Å²) in [6.07, 6.45) is 3.26. The molecule has 6 nitrogen and oxygen atoms in total. The molecule has 28 heavy (non-hydrogen) atoms. The average Bonchev–Trinajstić information content (AvgIpc) is 3.32. The molecule has 0 radical (unpaired) electrons. The second kappa shape index (κ2) is 10.4. The lowest BCUT2D eigenvalue weighted by atomic mass is 9.87. The zero-order chi connectivity index (χ0) is 19.3. The van der Waals surface area contributed by atoms with Gasteiger partial charge < -0.3 is 20.3 Å². The van der Waals surface area contributed by atoms with Crippen molar-refractivity contribution in [1.82, 2.24) is 15.5 Å². The third-order valence-electron chi connectivity index (χ3n) is 5.79. The maximum absolute atomic E-state index is 12.2. The molecule has 0 bridgehead atoms. The first-order valence-electron chi connectivity index (χ1n) is 9.98. The van der Waals surface area contributed by atoms with E-state index in [1.165, 1.54) is 6.42 Å². The van der Waals surface area contributed by atoms with Crippen LogP contribution in [-0.4, -0.2) is 56.2 Å². The highest BCUT2D eigenvalue weighted by atomic mass is 127. The Bertz CT molecular complexity index is 671. The number of benzene rings is 1. The van der Waals surface area contributed by atoms with Crippen LogP contribution in [0.5, 0.6) is 0 Å². The Morgan fingerprint density at radius 3 is 2.68 bits per heavy atom. The fourth-order valence-corrected chi connectivity index (χ4v) is 3.78. The van der Waals surface area contributed by atoms with Crippen molar-refractivity contribution in [3.63, 3.8) is 0 Å². The molecule has 2 aliphatic rings. The van der Waals surface area contributed by atoms with Gasteiger partial charge in [-0.3, -0.25) is 9.79 Å². The largest absolute Gasteiger partial charge is 0.381 e. The summed E-state index contributed by atoms with van der Waals surface area (Å²) >= 11 is 0.